The van der Waals surface area contributed by atoms with E-state index in [1.165, 1.54) is 11.6 Å². The zero-order valence-electron chi connectivity index (χ0n) is 10.4. The molecule has 0 bridgehead atoms. The number of fused-ring (bicyclic) bond motifs is 1. The van der Waals surface area contributed by atoms with E-state index in [0.29, 0.717) is 18.4 Å². The van der Waals surface area contributed by atoms with Gasteiger partial charge >= 0.3 is 0 Å². The van der Waals surface area contributed by atoms with Crippen molar-refractivity contribution in [2.45, 2.75) is 24.9 Å². The van der Waals surface area contributed by atoms with Crippen molar-refractivity contribution in [2.24, 2.45) is 0 Å². The van der Waals surface area contributed by atoms with Crippen molar-refractivity contribution in [2.75, 3.05) is 0 Å². The van der Waals surface area contributed by atoms with E-state index in [4.69, 9.17) is 0 Å². The Balaban J connectivity index is 2.04. The number of halogens is 2. The molecule has 1 N–H and O–H groups in total. The molecule has 0 aromatic heterocycles. The van der Waals surface area contributed by atoms with E-state index in [1.54, 1.807) is 12.1 Å². The topological polar surface area (TPSA) is 20.2 Å². The molecule has 2 aromatic carbocycles. The van der Waals surface area contributed by atoms with E-state index in [1.807, 2.05) is 18.2 Å². The van der Waals surface area contributed by atoms with Gasteiger partial charge in [-0.2, -0.15) is 0 Å². The molecule has 1 nitrogen and oxygen atoms in total. The Labute approximate surface area is 120 Å². The molecule has 2 aromatic rings. The van der Waals surface area contributed by atoms with Crippen LogP contribution in [0.25, 0.3) is 0 Å². The minimum Gasteiger partial charge on any atom is -0.385 e. The molecule has 0 saturated heterocycles. The highest BCUT2D eigenvalue weighted by molar-refractivity contribution is 9.10. The van der Waals surface area contributed by atoms with Crippen LogP contribution >= 0.6 is 15.9 Å². The number of rotatable bonds is 1. The molecule has 0 radical (unpaired) electrons. The highest BCUT2D eigenvalue weighted by atomic mass is 79.9. The van der Waals surface area contributed by atoms with Gasteiger partial charge in [0.25, 0.3) is 0 Å². The van der Waals surface area contributed by atoms with Crippen molar-refractivity contribution in [3.63, 3.8) is 0 Å². The average Bonchev–Trinajstić information content (AvgIpc) is 2.41. The standard InChI is InChI=1S/C16H14BrFO/c17-13-5-6-15(18)14(9-13)16(19)8-7-11-3-1-2-4-12(11)10-16/h1-6,9,19H,7-8,10H2. The second-order valence-electron chi connectivity index (χ2n) is 5.10. The SMILES string of the molecule is OC1(c2cc(Br)ccc2F)CCc2ccccc2C1. The number of hydrogen-bond acceptors (Lipinski definition) is 1. The highest BCUT2D eigenvalue weighted by Crippen LogP contribution is 2.38. The summed E-state index contributed by atoms with van der Waals surface area (Å²) in [6.45, 7) is 0. The second-order valence-corrected chi connectivity index (χ2v) is 6.02. The maximum absolute atomic E-state index is 14.0. The summed E-state index contributed by atoms with van der Waals surface area (Å²) in [5, 5.41) is 10.8. The maximum atomic E-state index is 14.0. The number of benzene rings is 2. The molecule has 1 unspecified atom stereocenters. The molecule has 98 valence electrons. The van der Waals surface area contributed by atoms with Crippen molar-refractivity contribution < 1.29 is 9.50 Å². The van der Waals surface area contributed by atoms with Gasteiger partial charge in [0, 0.05) is 16.5 Å². The molecule has 19 heavy (non-hydrogen) atoms. The van der Waals surface area contributed by atoms with Crippen molar-refractivity contribution in [3.8, 4) is 0 Å². The first-order chi connectivity index (χ1) is 9.08. The Morgan fingerprint density at radius 3 is 2.63 bits per heavy atom. The lowest BCUT2D eigenvalue weighted by Gasteiger charge is -2.34. The molecule has 3 rings (SSSR count). The maximum Gasteiger partial charge on any atom is 0.129 e. The lowest BCUT2D eigenvalue weighted by Crippen LogP contribution is -2.34. The van der Waals surface area contributed by atoms with Gasteiger partial charge in [-0.25, -0.2) is 4.39 Å². The zero-order chi connectivity index (χ0) is 13.5. The molecule has 1 aliphatic carbocycles. The molecule has 0 heterocycles. The van der Waals surface area contributed by atoms with Gasteiger partial charge in [0.2, 0.25) is 0 Å². The number of aryl methyl sites for hydroxylation is 1. The molecular formula is C16H14BrFO. The Kier molecular flexibility index (Phi) is 3.19. The summed E-state index contributed by atoms with van der Waals surface area (Å²) in [7, 11) is 0. The van der Waals surface area contributed by atoms with Crippen LogP contribution < -0.4 is 0 Å². The first-order valence-corrected chi connectivity index (χ1v) is 7.12. The fraction of sp³-hybridized carbons (Fsp3) is 0.250. The summed E-state index contributed by atoms with van der Waals surface area (Å²) >= 11 is 3.34. The van der Waals surface area contributed by atoms with E-state index >= 15 is 0 Å². The summed E-state index contributed by atoms with van der Waals surface area (Å²) in [4.78, 5) is 0. The zero-order valence-corrected chi connectivity index (χ0v) is 12.0. The minimum atomic E-state index is -1.11. The fourth-order valence-electron chi connectivity index (χ4n) is 2.80. The Hall–Kier alpha value is -1.19. The molecular weight excluding hydrogens is 307 g/mol. The van der Waals surface area contributed by atoms with Crippen LogP contribution in [-0.4, -0.2) is 5.11 Å². The average molecular weight is 321 g/mol. The van der Waals surface area contributed by atoms with Gasteiger partial charge in [-0.15, -0.1) is 0 Å². The predicted octanol–water partition coefficient (Wildman–Crippen LogP) is 3.96. The summed E-state index contributed by atoms with van der Waals surface area (Å²) < 4.78 is 14.8. The Morgan fingerprint density at radius 1 is 1.11 bits per heavy atom. The van der Waals surface area contributed by atoms with Crippen LogP contribution in [0.15, 0.2) is 46.9 Å². The third-order valence-electron chi connectivity index (χ3n) is 3.84. The van der Waals surface area contributed by atoms with E-state index in [2.05, 4.69) is 22.0 Å². The van der Waals surface area contributed by atoms with E-state index < -0.39 is 5.60 Å². The Morgan fingerprint density at radius 2 is 1.84 bits per heavy atom. The highest BCUT2D eigenvalue weighted by Gasteiger charge is 2.35. The lowest BCUT2D eigenvalue weighted by atomic mass is 9.76. The van der Waals surface area contributed by atoms with E-state index in [-0.39, 0.29) is 5.82 Å². The van der Waals surface area contributed by atoms with Gasteiger partial charge in [0.15, 0.2) is 0 Å². The molecule has 0 aliphatic heterocycles. The van der Waals surface area contributed by atoms with E-state index in [0.717, 1.165) is 16.5 Å². The normalized spacial score (nSPS) is 22.1. The van der Waals surface area contributed by atoms with Crippen LogP contribution in [0.4, 0.5) is 4.39 Å². The predicted molar refractivity (Wildman–Crippen MR) is 76.5 cm³/mol. The molecule has 1 atom stereocenters. The minimum absolute atomic E-state index is 0.343. The summed E-state index contributed by atoms with van der Waals surface area (Å²) in [5.41, 5.74) is 1.64. The molecule has 0 saturated carbocycles. The number of aliphatic hydroxyl groups is 1. The lowest BCUT2D eigenvalue weighted by molar-refractivity contribution is 0.0188. The van der Waals surface area contributed by atoms with Gasteiger partial charge in [0.1, 0.15) is 5.82 Å². The number of hydrogen-bond donors (Lipinski definition) is 1. The molecule has 0 fully saturated rings. The van der Waals surface area contributed by atoms with Crippen molar-refractivity contribution in [1.82, 2.24) is 0 Å². The van der Waals surface area contributed by atoms with Crippen LogP contribution in [-0.2, 0) is 18.4 Å². The molecule has 1 aliphatic rings. The summed E-state index contributed by atoms with van der Waals surface area (Å²) in [6.07, 6.45) is 1.80. The first-order valence-electron chi connectivity index (χ1n) is 6.33. The first kappa shape index (κ1) is 12.8. The van der Waals surface area contributed by atoms with Gasteiger partial charge in [-0.05, 0) is 42.2 Å². The summed E-state index contributed by atoms with van der Waals surface area (Å²) in [6, 6.07) is 12.8. The van der Waals surface area contributed by atoms with Crippen LogP contribution in [0.2, 0.25) is 0 Å². The van der Waals surface area contributed by atoms with Crippen LogP contribution in [0.5, 0.6) is 0 Å². The van der Waals surface area contributed by atoms with Crippen LogP contribution in [0.3, 0.4) is 0 Å². The van der Waals surface area contributed by atoms with Crippen molar-refractivity contribution in [1.29, 1.82) is 0 Å². The van der Waals surface area contributed by atoms with Gasteiger partial charge in [-0.3, -0.25) is 0 Å². The van der Waals surface area contributed by atoms with Gasteiger partial charge in [0.05, 0.1) is 5.60 Å². The molecule has 0 spiro atoms. The largest absolute Gasteiger partial charge is 0.385 e. The third kappa shape index (κ3) is 2.33. The van der Waals surface area contributed by atoms with Crippen molar-refractivity contribution in [3.05, 3.63) is 69.4 Å². The monoisotopic (exact) mass is 320 g/mol. The van der Waals surface area contributed by atoms with Gasteiger partial charge < -0.3 is 5.11 Å². The van der Waals surface area contributed by atoms with Crippen molar-refractivity contribution >= 4 is 15.9 Å². The molecule has 3 heteroatoms. The summed E-state index contributed by atoms with van der Waals surface area (Å²) in [5.74, 6) is -0.343. The second kappa shape index (κ2) is 4.73. The molecule has 0 amide bonds. The quantitative estimate of drug-likeness (QED) is 0.843. The smallest absolute Gasteiger partial charge is 0.129 e. The van der Waals surface area contributed by atoms with E-state index in [9.17, 15) is 9.50 Å². The van der Waals surface area contributed by atoms with Gasteiger partial charge in [-0.1, -0.05) is 40.2 Å². The Bertz CT molecular complexity index is 626. The van der Waals surface area contributed by atoms with Crippen LogP contribution in [0, 0.1) is 5.82 Å². The fourth-order valence-corrected chi connectivity index (χ4v) is 3.16. The van der Waals surface area contributed by atoms with Crippen LogP contribution in [0.1, 0.15) is 23.1 Å². The third-order valence-corrected chi connectivity index (χ3v) is 4.33.